The predicted octanol–water partition coefficient (Wildman–Crippen LogP) is 1.04. The van der Waals surface area contributed by atoms with Crippen molar-refractivity contribution in [1.29, 1.82) is 0 Å². The molecule has 2 atom stereocenters. The lowest BCUT2D eigenvalue weighted by molar-refractivity contribution is 0.0951. The molecule has 1 aliphatic rings. The SMILES string of the molecule is CCNC(=O)c1cc(N2CCC(C(C)O)C2)ccn1. The van der Waals surface area contributed by atoms with Crippen molar-refractivity contribution in [2.75, 3.05) is 24.5 Å². The second kappa shape index (κ2) is 6.02. The largest absolute Gasteiger partial charge is 0.393 e. The molecule has 19 heavy (non-hydrogen) atoms. The van der Waals surface area contributed by atoms with Crippen LogP contribution in [0, 0.1) is 5.92 Å². The molecule has 0 bridgehead atoms. The summed E-state index contributed by atoms with van der Waals surface area (Å²) in [6, 6.07) is 3.72. The highest BCUT2D eigenvalue weighted by atomic mass is 16.3. The van der Waals surface area contributed by atoms with Gasteiger partial charge in [-0.1, -0.05) is 0 Å². The van der Waals surface area contributed by atoms with E-state index in [1.54, 1.807) is 6.20 Å². The van der Waals surface area contributed by atoms with Gasteiger partial charge in [-0.15, -0.1) is 0 Å². The summed E-state index contributed by atoms with van der Waals surface area (Å²) in [6.07, 6.45) is 2.36. The van der Waals surface area contributed by atoms with Gasteiger partial charge in [0.1, 0.15) is 5.69 Å². The number of anilines is 1. The van der Waals surface area contributed by atoms with Gasteiger partial charge in [0.2, 0.25) is 0 Å². The highest BCUT2D eigenvalue weighted by Gasteiger charge is 2.26. The first-order valence-electron chi connectivity index (χ1n) is 6.79. The van der Waals surface area contributed by atoms with E-state index in [9.17, 15) is 9.90 Å². The van der Waals surface area contributed by atoms with Gasteiger partial charge in [0.25, 0.3) is 5.91 Å². The zero-order valence-corrected chi connectivity index (χ0v) is 11.5. The van der Waals surface area contributed by atoms with Crippen LogP contribution < -0.4 is 10.2 Å². The molecule has 5 nitrogen and oxygen atoms in total. The number of carbonyl (C=O) groups is 1. The Morgan fingerprint density at radius 2 is 2.47 bits per heavy atom. The quantitative estimate of drug-likeness (QED) is 0.852. The average Bonchev–Trinajstić information content (AvgIpc) is 2.89. The monoisotopic (exact) mass is 263 g/mol. The van der Waals surface area contributed by atoms with Gasteiger partial charge in [0, 0.05) is 37.4 Å². The molecule has 0 spiro atoms. The molecule has 0 aliphatic carbocycles. The number of nitrogens with zero attached hydrogens (tertiary/aromatic N) is 2. The van der Waals surface area contributed by atoms with Crippen LogP contribution in [0.2, 0.25) is 0 Å². The summed E-state index contributed by atoms with van der Waals surface area (Å²) in [5.74, 6) is 0.164. The van der Waals surface area contributed by atoms with Crippen LogP contribution in [0.15, 0.2) is 18.3 Å². The van der Waals surface area contributed by atoms with Crippen LogP contribution in [0.1, 0.15) is 30.8 Å². The van der Waals surface area contributed by atoms with E-state index in [0.717, 1.165) is 25.2 Å². The standard InChI is InChI=1S/C14H21N3O2/c1-3-15-14(19)13-8-12(4-6-16-13)17-7-5-11(9-17)10(2)18/h4,6,8,10-11,18H,3,5,7,9H2,1-2H3,(H,15,19). The van der Waals surface area contributed by atoms with Gasteiger partial charge in [-0.25, -0.2) is 0 Å². The molecule has 104 valence electrons. The minimum atomic E-state index is -0.283. The molecule has 1 aromatic rings. The number of pyridine rings is 1. The fourth-order valence-corrected chi connectivity index (χ4v) is 2.41. The Morgan fingerprint density at radius 3 is 3.11 bits per heavy atom. The van der Waals surface area contributed by atoms with Crippen LogP contribution in [0.5, 0.6) is 0 Å². The molecule has 1 amide bonds. The molecular formula is C14H21N3O2. The second-order valence-electron chi connectivity index (χ2n) is 4.99. The molecule has 0 saturated carbocycles. The number of aliphatic hydroxyl groups is 1. The fourth-order valence-electron chi connectivity index (χ4n) is 2.41. The number of nitrogens with one attached hydrogen (secondary N) is 1. The maximum Gasteiger partial charge on any atom is 0.269 e. The highest BCUT2D eigenvalue weighted by molar-refractivity contribution is 5.93. The van der Waals surface area contributed by atoms with Gasteiger partial charge in [-0.2, -0.15) is 0 Å². The van der Waals surface area contributed by atoms with Crippen molar-refractivity contribution in [3.63, 3.8) is 0 Å². The van der Waals surface area contributed by atoms with Crippen molar-refractivity contribution in [3.05, 3.63) is 24.0 Å². The molecule has 2 unspecified atom stereocenters. The first kappa shape index (κ1) is 13.8. The summed E-state index contributed by atoms with van der Waals surface area (Å²) < 4.78 is 0. The zero-order chi connectivity index (χ0) is 13.8. The Hall–Kier alpha value is -1.62. The van der Waals surface area contributed by atoms with Crippen molar-refractivity contribution in [3.8, 4) is 0 Å². The number of amides is 1. The third kappa shape index (κ3) is 3.23. The van der Waals surface area contributed by atoms with Crippen LogP contribution in [0.25, 0.3) is 0 Å². The molecule has 2 heterocycles. The molecule has 1 fully saturated rings. The maximum absolute atomic E-state index is 11.8. The first-order valence-corrected chi connectivity index (χ1v) is 6.79. The van der Waals surface area contributed by atoms with E-state index in [4.69, 9.17) is 0 Å². The highest BCUT2D eigenvalue weighted by Crippen LogP contribution is 2.25. The van der Waals surface area contributed by atoms with E-state index >= 15 is 0 Å². The number of aromatic nitrogens is 1. The van der Waals surface area contributed by atoms with Gasteiger partial charge in [0.05, 0.1) is 6.10 Å². The van der Waals surface area contributed by atoms with E-state index in [0.29, 0.717) is 18.2 Å². The molecule has 0 radical (unpaired) electrons. The van der Waals surface area contributed by atoms with E-state index in [2.05, 4.69) is 15.2 Å². The number of aliphatic hydroxyl groups excluding tert-OH is 1. The van der Waals surface area contributed by atoms with Gasteiger partial charge in [-0.05, 0) is 32.4 Å². The summed E-state index contributed by atoms with van der Waals surface area (Å²) in [7, 11) is 0. The van der Waals surface area contributed by atoms with Gasteiger partial charge in [-0.3, -0.25) is 9.78 Å². The summed E-state index contributed by atoms with van der Waals surface area (Å²) in [5, 5.41) is 12.4. The lowest BCUT2D eigenvalue weighted by atomic mass is 10.0. The molecule has 0 aromatic carbocycles. The minimum absolute atomic E-state index is 0.143. The maximum atomic E-state index is 11.8. The Kier molecular flexibility index (Phi) is 4.37. The van der Waals surface area contributed by atoms with Crippen molar-refractivity contribution in [2.45, 2.75) is 26.4 Å². The third-order valence-corrected chi connectivity index (χ3v) is 3.59. The third-order valence-electron chi connectivity index (χ3n) is 3.59. The van der Waals surface area contributed by atoms with Gasteiger partial charge in [0.15, 0.2) is 0 Å². The summed E-state index contributed by atoms with van der Waals surface area (Å²) in [5.41, 5.74) is 1.44. The second-order valence-corrected chi connectivity index (χ2v) is 4.99. The summed E-state index contributed by atoms with van der Waals surface area (Å²) in [6.45, 7) is 6.06. The topological polar surface area (TPSA) is 65.5 Å². The summed E-state index contributed by atoms with van der Waals surface area (Å²) >= 11 is 0. The van der Waals surface area contributed by atoms with Crippen LogP contribution in [0.3, 0.4) is 0 Å². The Balaban J connectivity index is 2.09. The van der Waals surface area contributed by atoms with Crippen molar-refractivity contribution < 1.29 is 9.90 Å². The number of carbonyl (C=O) groups excluding carboxylic acids is 1. The van der Waals surface area contributed by atoms with E-state index < -0.39 is 0 Å². The lowest BCUT2D eigenvalue weighted by Crippen LogP contribution is -2.26. The molecule has 1 saturated heterocycles. The smallest absolute Gasteiger partial charge is 0.269 e. The van der Waals surface area contributed by atoms with E-state index in [1.807, 2.05) is 26.0 Å². The molecule has 1 aliphatic heterocycles. The Labute approximate surface area is 113 Å². The first-order chi connectivity index (χ1) is 9.11. The van der Waals surface area contributed by atoms with Crippen molar-refractivity contribution in [2.24, 2.45) is 5.92 Å². The molecule has 2 rings (SSSR count). The Morgan fingerprint density at radius 1 is 1.68 bits per heavy atom. The fraction of sp³-hybridized carbons (Fsp3) is 0.571. The molecule has 1 aromatic heterocycles. The molecular weight excluding hydrogens is 242 g/mol. The zero-order valence-electron chi connectivity index (χ0n) is 11.5. The molecule has 2 N–H and O–H groups in total. The van der Waals surface area contributed by atoms with Gasteiger partial charge >= 0.3 is 0 Å². The molecule has 5 heteroatoms. The van der Waals surface area contributed by atoms with Crippen molar-refractivity contribution in [1.82, 2.24) is 10.3 Å². The number of hydrogen-bond donors (Lipinski definition) is 2. The van der Waals surface area contributed by atoms with Gasteiger partial charge < -0.3 is 15.3 Å². The predicted molar refractivity (Wildman–Crippen MR) is 74.2 cm³/mol. The minimum Gasteiger partial charge on any atom is -0.393 e. The van der Waals surface area contributed by atoms with Crippen LogP contribution >= 0.6 is 0 Å². The van der Waals surface area contributed by atoms with E-state index in [-0.39, 0.29) is 12.0 Å². The van der Waals surface area contributed by atoms with Crippen molar-refractivity contribution >= 4 is 11.6 Å². The average molecular weight is 263 g/mol. The number of hydrogen-bond acceptors (Lipinski definition) is 4. The lowest BCUT2D eigenvalue weighted by Gasteiger charge is -2.20. The van der Waals surface area contributed by atoms with E-state index in [1.165, 1.54) is 0 Å². The normalized spacial score (nSPS) is 20.4. The van der Waals surface area contributed by atoms with Crippen LogP contribution in [-0.4, -0.2) is 41.7 Å². The number of rotatable bonds is 4. The summed E-state index contributed by atoms with van der Waals surface area (Å²) in [4.78, 5) is 18.0. The van der Waals surface area contributed by atoms with Crippen LogP contribution in [-0.2, 0) is 0 Å². The Bertz CT molecular complexity index is 448. The van der Waals surface area contributed by atoms with Crippen LogP contribution in [0.4, 0.5) is 5.69 Å².